The fourth-order valence-electron chi connectivity index (χ4n) is 1.91. The molecule has 3 nitrogen and oxygen atoms in total. The van der Waals surface area contributed by atoms with Crippen molar-refractivity contribution in [1.82, 2.24) is 4.90 Å². The molecule has 2 amide bonds. The Morgan fingerprint density at radius 3 is 2.23 bits per heavy atom. The second-order valence-corrected chi connectivity index (χ2v) is 4.26. The summed E-state index contributed by atoms with van der Waals surface area (Å²) in [5.41, 5.74) is 0.192. The van der Waals surface area contributed by atoms with Crippen LogP contribution in [0.1, 0.15) is 26.2 Å². The maximum absolute atomic E-state index is 11.2. The van der Waals surface area contributed by atoms with Crippen LogP contribution in [0.25, 0.3) is 0 Å². The van der Waals surface area contributed by atoms with Gasteiger partial charge in [-0.15, -0.1) is 0 Å². The van der Waals surface area contributed by atoms with E-state index >= 15 is 0 Å². The Hall–Kier alpha value is -1.12. The van der Waals surface area contributed by atoms with Crippen molar-refractivity contribution >= 4 is 11.8 Å². The minimum absolute atomic E-state index is 0.155. The zero-order chi connectivity index (χ0) is 9.47. The first-order valence-electron chi connectivity index (χ1n) is 4.64. The molecule has 2 rings (SSSR count). The number of hydrogen-bond donors (Lipinski definition) is 0. The van der Waals surface area contributed by atoms with Crippen LogP contribution in [-0.4, -0.2) is 23.3 Å². The van der Waals surface area contributed by atoms with Gasteiger partial charge in [-0.1, -0.05) is 13.3 Å². The number of rotatable bonds is 2. The first-order valence-corrected chi connectivity index (χ1v) is 4.64. The third-order valence-corrected chi connectivity index (χ3v) is 3.00. The average Bonchev–Trinajstić information content (AvgIpc) is 2.33. The summed E-state index contributed by atoms with van der Waals surface area (Å²) in [5.74, 6) is -0.309. The standard InChI is InChI=1S/C10H13NO2/c1-10(5-2-6-10)7-11-8(12)3-4-9(11)13/h3-4H,2,5-7H2,1H3. The highest BCUT2D eigenvalue weighted by molar-refractivity contribution is 6.12. The lowest BCUT2D eigenvalue weighted by Crippen LogP contribution is -2.43. The molecular weight excluding hydrogens is 166 g/mol. The lowest BCUT2D eigenvalue weighted by atomic mass is 9.70. The van der Waals surface area contributed by atoms with Crippen LogP contribution in [0.5, 0.6) is 0 Å². The summed E-state index contributed by atoms with van der Waals surface area (Å²) >= 11 is 0. The number of carbonyl (C=O) groups excluding carboxylic acids is 2. The summed E-state index contributed by atoms with van der Waals surface area (Å²) in [5, 5.41) is 0. The highest BCUT2D eigenvalue weighted by Crippen LogP contribution is 2.41. The van der Waals surface area contributed by atoms with Gasteiger partial charge in [-0.2, -0.15) is 0 Å². The van der Waals surface area contributed by atoms with Gasteiger partial charge in [0.1, 0.15) is 0 Å². The van der Waals surface area contributed by atoms with Crippen molar-refractivity contribution in [2.45, 2.75) is 26.2 Å². The van der Waals surface area contributed by atoms with Crippen LogP contribution in [0, 0.1) is 5.41 Å². The van der Waals surface area contributed by atoms with E-state index in [0.717, 1.165) is 12.8 Å². The molecular formula is C10H13NO2. The molecule has 1 aliphatic carbocycles. The molecule has 1 aliphatic heterocycles. The van der Waals surface area contributed by atoms with Crippen molar-refractivity contribution in [3.8, 4) is 0 Å². The van der Waals surface area contributed by atoms with Gasteiger partial charge in [-0.25, -0.2) is 0 Å². The van der Waals surface area contributed by atoms with Gasteiger partial charge < -0.3 is 0 Å². The van der Waals surface area contributed by atoms with Crippen molar-refractivity contribution in [2.24, 2.45) is 5.41 Å². The topological polar surface area (TPSA) is 37.4 Å². The zero-order valence-corrected chi connectivity index (χ0v) is 7.75. The molecule has 0 radical (unpaired) electrons. The maximum atomic E-state index is 11.2. The fraction of sp³-hybridized carbons (Fsp3) is 0.600. The van der Waals surface area contributed by atoms with E-state index in [1.165, 1.54) is 23.5 Å². The van der Waals surface area contributed by atoms with Crippen molar-refractivity contribution in [3.05, 3.63) is 12.2 Å². The molecule has 3 heteroatoms. The first-order chi connectivity index (χ1) is 6.11. The van der Waals surface area contributed by atoms with Crippen LogP contribution >= 0.6 is 0 Å². The number of imide groups is 1. The second-order valence-electron chi connectivity index (χ2n) is 4.26. The second kappa shape index (κ2) is 2.69. The SMILES string of the molecule is CC1(CN2C(=O)C=CC2=O)CCC1. The number of amides is 2. The zero-order valence-electron chi connectivity index (χ0n) is 7.75. The highest BCUT2D eigenvalue weighted by Gasteiger charge is 2.37. The van der Waals surface area contributed by atoms with Crippen molar-refractivity contribution in [3.63, 3.8) is 0 Å². The van der Waals surface area contributed by atoms with E-state index in [4.69, 9.17) is 0 Å². The van der Waals surface area contributed by atoms with E-state index < -0.39 is 0 Å². The molecule has 0 aromatic heterocycles. The number of hydrogen-bond acceptors (Lipinski definition) is 2. The molecule has 1 saturated carbocycles. The normalized spacial score (nSPS) is 25.2. The summed E-state index contributed by atoms with van der Waals surface area (Å²) in [7, 11) is 0. The first kappa shape index (κ1) is 8.48. The van der Waals surface area contributed by atoms with Gasteiger partial charge in [-0.3, -0.25) is 14.5 Å². The molecule has 0 saturated heterocycles. The molecule has 1 fully saturated rings. The van der Waals surface area contributed by atoms with E-state index in [2.05, 4.69) is 6.92 Å². The molecule has 0 aromatic rings. The van der Waals surface area contributed by atoms with Crippen molar-refractivity contribution in [2.75, 3.05) is 6.54 Å². The van der Waals surface area contributed by atoms with Gasteiger partial charge in [0.15, 0.2) is 0 Å². The molecule has 0 atom stereocenters. The minimum Gasteiger partial charge on any atom is -0.275 e. The largest absolute Gasteiger partial charge is 0.275 e. The van der Waals surface area contributed by atoms with Crippen LogP contribution in [-0.2, 0) is 9.59 Å². The maximum Gasteiger partial charge on any atom is 0.253 e. The minimum atomic E-state index is -0.155. The van der Waals surface area contributed by atoms with E-state index in [9.17, 15) is 9.59 Å². The Kier molecular flexibility index (Phi) is 1.75. The lowest BCUT2D eigenvalue weighted by molar-refractivity contribution is -0.139. The third-order valence-electron chi connectivity index (χ3n) is 3.00. The summed E-state index contributed by atoms with van der Waals surface area (Å²) in [6, 6.07) is 0. The van der Waals surface area contributed by atoms with Crippen LogP contribution < -0.4 is 0 Å². The van der Waals surface area contributed by atoms with Gasteiger partial charge in [0.2, 0.25) is 0 Å². The molecule has 2 aliphatic rings. The van der Waals surface area contributed by atoms with Gasteiger partial charge >= 0.3 is 0 Å². The van der Waals surface area contributed by atoms with Crippen molar-refractivity contribution in [1.29, 1.82) is 0 Å². The Bertz CT molecular complexity index is 271. The summed E-state index contributed by atoms with van der Waals surface area (Å²) in [6.45, 7) is 2.73. The lowest BCUT2D eigenvalue weighted by Gasteiger charge is -2.40. The van der Waals surface area contributed by atoms with E-state index in [0.29, 0.717) is 6.54 Å². The van der Waals surface area contributed by atoms with Gasteiger partial charge in [0.25, 0.3) is 11.8 Å². The number of carbonyl (C=O) groups is 2. The van der Waals surface area contributed by atoms with Crippen LogP contribution in [0.4, 0.5) is 0 Å². The third kappa shape index (κ3) is 1.39. The van der Waals surface area contributed by atoms with E-state index in [-0.39, 0.29) is 17.2 Å². The molecule has 0 unspecified atom stereocenters. The molecule has 0 bridgehead atoms. The van der Waals surface area contributed by atoms with Crippen LogP contribution in [0.15, 0.2) is 12.2 Å². The summed E-state index contributed by atoms with van der Waals surface area (Å²) in [4.78, 5) is 23.8. The quantitative estimate of drug-likeness (QED) is 0.595. The smallest absolute Gasteiger partial charge is 0.253 e. The number of nitrogens with zero attached hydrogens (tertiary/aromatic N) is 1. The highest BCUT2D eigenvalue weighted by atomic mass is 16.2. The molecule has 70 valence electrons. The van der Waals surface area contributed by atoms with Crippen LogP contribution in [0.2, 0.25) is 0 Å². The van der Waals surface area contributed by atoms with Gasteiger partial charge in [0, 0.05) is 18.7 Å². The molecule has 0 N–H and O–H groups in total. The summed E-state index contributed by atoms with van der Waals surface area (Å²) in [6.07, 6.45) is 6.18. The van der Waals surface area contributed by atoms with E-state index in [1.54, 1.807) is 0 Å². The monoisotopic (exact) mass is 179 g/mol. The molecule has 1 heterocycles. The Morgan fingerprint density at radius 1 is 1.31 bits per heavy atom. The predicted molar refractivity (Wildman–Crippen MR) is 47.8 cm³/mol. The van der Waals surface area contributed by atoms with Gasteiger partial charge in [-0.05, 0) is 18.3 Å². The fourth-order valence-corrected chi connectivity index (χ4v) is 1.91. The Balaban J connectivity index is 2.02. The van der Waals surface area contributed by atoms with Gasteiger partial charge in [0.05, 0.1) is 0 Å². The predicted octanol–water partition coefficient (Wildman–Crippen LogP) is 1.10. The molecule has 0 spiro atoms. The van der Waals surface area contributed by atoms with Crippen LogP contribution in [0.3, 0.4) is 0 Å². The van der Waals surface area contributed by atoms with Crippen molar-refractivity contribution < 1.29 is 9.59 Å². The summed E-state index contributed by atoms with van der Waals surface area (Å²) < 4.78 is 0. The Morgan fingerprint density at radius 2 is 1.85 bits per heavy atom. The average molecular weight is 179 g/mol. The molecule has 13 heavy (non-hydrogen) atoms. The molecule has 0 aromatic carbocycles. The Labute approximate surface area is 77.4 Å². The van der Waals surface area contributed by atoms with E-state index in [1.807, 2.05) is 0 Å².